The Morgan fingerprint density at radius 3 is 2.57 bits per heavy atom. The van der Waals surface area contributed by atoms with Gasteiger partial charge in [0.15, 0.2) is 0 Å². The molecule has 1 aliphatic heterocycles. The van der Waals surface area contributed by atoms with Gasteiger partial charge in [0.2, 0.25) is 15.9 Å². The second kappa shape index (κ2) is 7.90. The second-order valence-corrected chi connectivity index (χ2v) is 9.44. The van der Waals surface area contributed by atoms with Crippen molar-refractivity contribution in [3.8, 4) is 0 Å². The lowest BCUT2D eigenvalue weighted by molar-refractivity contribution is -0.385. The predicted molar refractivity (Wildman–Crippen MR) is 105 cm³/mol. The summed E-state index contributed by atoms with van der Waals surface area (Å²) in [5.74, 6) is -0.399. The molecule has 1 saturated heterocycles. The van der Waals surface area contributed by atoms with E-state index in [1.807, 2.05) is 32.0 Å². The maximum Gasteiger partial charge on any atom is 0.270 e. The highest BCUT2D eigenvalue weighted by Crippen LogP contribution is 2.38. The van der Waals surface area contributed by atoms with E-state index in [0.29, 0.717) is 4.90 Å². The van der Waals surface area contributed by atoms with Crippen LogP contribution in [0, 0.1) is 24.0 Å². The van der Waals surface area contributed by atoms with E-state index in [4.69, 9.17) is 0 Å². The van der Waals surface area contributed by atoms with Gasteiger partial charge in [0, 0.05) is 35.0 Å². The maximum absolute atomic E-state index is 13.2. The Bertz CT molecular complexity index is 1050. The molecule has 0 aliphatic carbocycles. The van der Waals surface area contributed by atoms with E-state index in [1.165, 1.54) is 23.9 Å². The van der Waals surface area contributed by atoms with Crippen LogP contribution in [-0.4, -0.2) is 43.2 Å². The minimum absolute atomic E-state index is 0.115. The number of carbonyl (C=O) groups is 1. The number of nitro groups is 1. The summed E-state index contributed by atoms with van der Waals surface area (Å²) in [5, 5.41) is 13.8. The standard InChI is InChI=1S/C18H19N3O5S2/c1-12-3-4-13(2)16(9-12)27-15-6-5-14(21(23)24)10-17(15)28(25,26)20-8-7-19-18(22)11-20/h3-6,9-10H,7-8,11H2,1-2H3,(H,19,22). The van der Waals surface area contributed by atoms with Crippen LogP contribution >= 0.6 is 11.8 Å². The first-order chi connectivity index (χ1) is 13.2. The van der Waals surface area contributed by atoms with Crippen molar-refractivity contribution in [1.82, 2.24) is 9.62 Å². The molecule has 2 aromatic carbocycles. The molecule has 1 aliphatic rings. The van der Waals surface area contributed by atoms with Crippen LogP contribution in [0.25, 0.3) is 0 Å². The van der Waals surface area contributed by atoms with E-state index < -0.39 is 20.9 Å². The molecule has 3 rings (SSSR count). The summed E-state index contributed by atoms with van der Waals surface area (Å²) < 4.78 is 27.4. The number of rotatable bonds is 5. The largest absolute Gasteiger partial charge is 0.354 e. The first-order valence-corrected chi connectivity index (χ1v) is 10.7. The van der Waals surface area contributed by atoms with E-state index in [0.717, 1.165) is 26.4 Å². The quantitative estimate of drug-likeness (QED) is 0.587. The zero-order valence-corrected chi connectivity index (χ0v) is 17.0. The summed E-state index contributed by atoms with van der Waals surface area (Å²) in [7, 11) is -4.08. The van der Waals surface area contributed by atoms with Gasteiger partial charge >= 0.3 is 0 Å². The van der Waals surface area contributed by atoms with Crippen LogP contribution in [0.1, 0.15) is 11.1 Å². The van der Waals surface area contributed by atoms with Crippen LogP contribution in [0.4, 0.5) is 5.69 Å². The van der Waals surface area contributed by atoms with Gasteiger partial charge in [-0.05, 0) is 37.1 Å². The molecule has 0 bridgehead atoms. The van der Waals surface area contributed by atoms with E-state index in [-0.39, 0.29) is 30.2 Å². The Hall–Kier alpha value is -2.43. The van der Waals surface area contributed by atoms with Gasteiger partial charge in [-0.25, -0.2) is 8.42 Å². The molecule has 0 atom stereocenters. The molecular formula is C18H19N3O5S2. The summed E-state index contributed by atoms with van der Waals surface area (Å²) >= 11 is 1.24. The van der Waals surface area contributed by atoms with E-state index in [9.17, 15) is 23.3 Å². The Morgan fingerprint density at radius 1 is 1.14 bits per heavy atom. The molecular weight excluding hydrogens is 402 g/mol. The minimum atomic E-state index is -4.08. The van der Waals surface area contributed by atoms with Crippen molar-refractivity contribution in [3.63, 3.8) is 0 Å². The molecule has 0 radical (unpaired) electrons. The average molecular weight is 422 g/mol. The number of nitrogens with zero attached hydrogens (tertiary/aromatic N) is 2. The Labute approximate surface area is 167 Å². The van der Waals surface area contributed by atoms with Gasteiger partial charge in [-0.15, -0.1) is 0 Å². The van der Waals surface area contributed by atoms with E-state index >= 15 is 0 Å². The van der Waals surface area contributed by atoms with Gasteiger partial charge in [0.25, 0.3) is 5.69 Å². The molecule has 10 heteroatoms. The smallest absolute Gasteiger partial charge is 0.270 e. The number of benzene rings is 2. The third kappa shape index (κ3) is 4.18. The van der Waals surface area contributed by atoms with Gasteiger partial charge in [0.05, 0.1) is 11.5 Å². The third-order valence-electron chi connectivity index (χ3n) is 4.32. The lowest BCUT2D eigenvalue weighted by Crippen LogP contribution is -2.49. The number of aryl methyl sites for hydroxylation is 2. The van der Waals surface area contributed by atoms with Crippen LogP contribution in [0.5, 0.6) is 0 Å². The monoisotopic (exact) mass is 421 g/mol. The number of hydrogen-bond acceptors (Lipinski definition) is 6. The van der Waals surface area contributed by atoms with Crippen LogP contribution in [0.3, 0.4) is 0 Å². The highest BCUT2D eigenvalue weighted by molar-refractivity contribution is 8.00. The molecule has 1 N–H and O–H groups in total. The van der Waals surface area contributed by atoms with Gasteiger partial charge in [0.1, 0.15) is 4.90 Å². The lowest BCUT2D eigenvalue weighted by atomic mass is 10.2. The number of amides is 1. The van der Waals surface area contributed by atoms with Crippen molar-refractivity contribution in [3.05, 3.63) is 57.6 Å². The Morgan fingerprint density at radius 2 is 1.89 bits per heavy atom. The molecule has 8 nitrogen and oxygen atoms in total. The summed E-state index contributed by atoms with van der Waals surface area (Å²) in [5.41, 5.74) is 1.67. The molecule has 0 spiro atoms. The van der Waals surface area contributed by atoms with Crippen molar-refractivity contribution >= 4 is 33.4 Å². The van der Waals surface area contributed by atoms with E-state index in [2.05, 4.69) is 5.32 Å². The minimum Gasteiger partial charge on any atom is -0.354 e. The van der Waals surface area contributed by atoms with Crippen LogP contribution in [0.15, 0.2) is 51.1 Å². The maximum atomic E-state index is 13.2. The number of piperazine rings is 1. The summed E-state index contributed by atoms with van der Waals surface area (Å²) in [6.07, 6.45) is 0. The highest BCUT2D eigenvalue weighted by Gasteiger charge is 2.32. The molecule has 0 unspecified atom stereocenters. The second-order valence-electron chi connectivity index (χ2n) is 6.45. The van der Waals surface area contributed by atoms with Gasteiger partial charge in [-0.2, -0.15) is 4.31 Å². The van der Waals surface area contributed by atoms with Gasteiger partial charge in [-0.3, -0.25) is 14.9 Å². The number of non-ortho nitro benzene ring substituents is 1. The fourth-order valence-electron chi connectivity index (χ4n) is 2.79. The molecule has 1 heterocycles. The molecule has 0 saturated carbocycles. The number of nitrogens with one attached hydrogen (secondary N) is 1. The fourth-order valence-corrected chi connectivity index (χ4v) is 5.73. The Kier molecular flexibility index (Phi) is 5.73. The number of sulfonamides is 1. The number of carbonyl (C=O) groups excluding carboxylic acids is 1. The SMILES string of the molecule is Cc1ccc(C)c(Sc2ccc([N+](=O)[O-])cc2S(=O)(=O)N2CCNC(=O)C2)c1. The normalized spacial score (nSPS) is 15.3. The fraction of sp³-hybridized carbons (Fsp3) is 0.278. The first-order valence-electron chi connectivity index (χ1n) is 8.49. The molecule has 2 aromatic rings. The molecule has 28 heavy (non-hydrogen) atoms. The van der Waals surface area contributed by atoms with Crippen molar-refractivity contribution in [2.24, 2.45) is 0 Å². The van der Waals surface area contributed by atoms with Gasteiger partial charge in [-0.1, -0.05) is 23.9 Å². The Balaban J connectivity index is 2.09. The third-order valence-corrected chi connectivity index (χ3v) is 7.57. The molecule has 1 amide bonds. The van der Waals surface area contributed by atoms with Gasteiger partial charge < -0.3 is 5.32 Å². The predicted octanol–water partition coefficient (Wildman–Crippen LogP) is 2.48. The molecule has 148 valence electrons. The number of nitro benzene ring substituents is 1. The zero-order chi connectivity index (χ0) is 20.5. The van der Waals surface area contributed by atoms with Crippen molar-refractivity contribution in [2.45, 2.75) is 28.5 Å². The first kappa shape index (κ1) is 20.3. The number of hydrogen-bond donors (Lipinski definition) is 1. The van der Waals surface area contributed by atoms with Crippen molar-refractivity contribution in [1.29, 1.82) is 0 Å². The summed E-state index contributed by atoms with van der Waals surface area (Å²) in [4.78, 5) is 23.3. The summed E-state index contributed by atoms with van der Waals surface area (Å²) in [6.45, 7) is 3.86. The van der Waals surface area contributed by atoms with Crippen LogP contribution < -0.4 is 5.32 Å². The van der Waals surface area contributed by atoms with Crippen LogP contribution in [0.2, 0.25) is 0 Å². The van der Waals surface area contributed by atoms with Crippen molar-refractivity contribution < 1.29 is 18.1 Å². The highest BCUT2D eigenvalue weighted by atomic mass is 32.2. The van der Waals surface area contributed by atoms with E-state index in [1.54, 1.807) is 0 Å². The zero-order valence-electron chi connectivity index (χ0n) is 15.3. The lowest BCUT2D eigenvalue weighted by Gasteiger charge is -2.26. The van der Waals surface area contributed by atoms with Crippen molar-refractivity contribution in [2.75, 3.05) is 19.6 Å². The summed E-state index contributed by atoms with van der Waals surface area (Å²) in [6, 6.07) is 9.63. The molecule has 1 fully saturated rings. The van der Waals surface area contributed by atoms with Crippen LogP contribution in [-0.2, 0) is 14.8 Å². The molecule has 0 aromatic heterocycles. The topological polar surface area (TPSA) is 110 Å². The average Bonchev–Trinajstić information content (AvgIpc) is 2.64.